The van der Waals surface area contributed by atoms with Crippen molar-refractivity contribution in [2.24, 2.45) is 11.7 Å². The highest BCUT2D eigenvalue weighted by molar-refractivity contribution is 6.28. The smallest absolute Gasteiger partial charge is 0.416 e. The van der Waals surface area contributed by atoms with Crippen molar-refractivity contribution in [1.29, 1.82) is 0 Å². The van der Waals surface area contributed by atoms with E-state index in [1.165, 1.54) is 12.1 Å². The summed E-state index contributed by atoms with van der Waals surface area (Å²) in [6.07, 6.45) is -4.43. The van der Waals surface area contributed by atoms with Crippen molar-refractivity contribution in [1.82, 2.24) is 15.0 Å². The Balaban J connectivity index is 0.000000447. The zero-order valence-corrected chi connectivity index (χ0v) is 16.6. The number of aromatic nitrogens is 3. The van der Waals surface area contributed by atoms with Crippen molar-refractivity contribution in [2.75, 3.05) is 11.9 Å². The summed E-state index contributed by atoms with van der Waals surface area (Å²) in [6, 6.07) is 3.92. The highest BCUT2D eigenvalue weighted by Crippen LogP contribution is 2.31. The van der Waals surface area contributed by atoms with E-state index in [1.54, 1.807) is 20.8 Å². The lowest BCUT2D eigenvalue weighted by atomic mass is 10.1. The molecule has 0 fully saturated rings. The van der Waals surface area contributed by atoms with Gasteiger partial charge >= 0.3 is 18.2 Å². The van der Waals surface area contributed by atoms with Crippen LogP contribution in [0.1, 0.15) is 26.3 Å². The predicted molar refractivity (Wildman–Crippen MR) is 101 cm³/mol. The third kappa shape index (κ3) is 8.48. The number of anilines is 2. The Morgan fingerprint density at radius 2 is 1.97 bits per heavy atom. The van der Waals surface area contributed by atoms with E-state index in [1.807, 2.05) is 0 Å². The van der Waals surface area contributed by atoms with Gasteiger partial charge in [-0.1, -0.05) is 19.9 Å². The van der Waals surface area contributed by atoms with Crippen LogP contribution in [0.4, 0.5) is 24.8 Å². The Morgan fingerprint density at radius 1 is 1.31 bits per heavy atom. The second-order valence-corrected chi connectivity index (χ2v) is 6.29. The lowest BCUT2D eigenvalue weighted by Crippen LogP contribution is -2.34. The first-order chi connectivity index (χ1) is 13.4. The summed E-state index contributed by atoms with van der Waals surface area (Å²) >= 11 is 5.69. The number of benzene rings is 1. The van der Waals surface area contributed by atoms with E-state index in [2.05, 4.69) is 20.3 Å². The van der Waals surface area contributed by atoms with Crippen LogP contribution in [0.3, 0.4) is 0 Å². The molecule has 0 unspecified atom stereocenters. The van der Waals surface area contributed by atoms with Crippen LogP contribution in [0.2, 0.25) is 5.28 Å². The summed E-state index contributed by atoms with van der Waals surface area (Å²) in [6.45, 7) is 5.61. The number of aliphatic carboxylic acids is 1. The molecule has 1 aromatic carbocycles. The van der Waals surface area contributed by atoms with Crippen molar-refractivity contribution < 1.29 is 27.8 Å². The summed E-state index contributed by atoms with van der Waals surface area (Å²) in [5, 5.41) is 10.7. The zero-order valence-electron chi connectivity index (χ0n) is 15.9. The molecule has 0 bridgehead atoms. The topological polar surface area (TPSA) is 123 Å². The van der Waals surface area contributed by atoms with Gasteiger partial charge in [0.25, 0.3) is 0 Å². The molecular weight excluding hydrogens is 415 g/mol. The molecule has 1 aromatic heterocycles. The van der Waals surface area contributed by atoms with Crippen molar-refractivity contribution in [3.63, 3.8) is 0 Å². The molecule has 0 aliphatic heterocycles. The van der Waals surface area contributed by atoms with Gasteiger partial charge in [0.05, 0.1) is 12.2 Å². The normalized spacial score (nSPS) is 12.0. The minimum atomic E-state index is -4.43. The largest absolute Gasteiger partial charge is 0.480 e. The van der Waals surface area contributed by atoms with Gasteiger partial charge in [-0.3, -0.25) is 4.79 Å². The van der Waals surface area contributed by atoms with Crippen molar-refractivity contribution in [3.05, 3.63) is 35.1 Å². The molecule has 29 heavy (non-hydrogen) atoms. The molecule has 0 spiro atoms. The predicted octanol–water partition coefficient (Wildman–Crippen LogP) is 3.74. The van der Waals surface area contributed by atoms with Crippen LogP contribution in [0.5, 0.6) is 6.01 Å². The maximum Gasteiger partial charge on any atom is 0.416 e. The van der Waals surface area contributed by atoms with Gasteiger partial charge in [-0.15, -0.1) is 0 Å². The number of nitrogens with zero attached hydrogens (tertiary/aromatic N) is 3. The summed E-state index contributed by atoms with van der Waals surface area (Å²) in [4.78, 5) is 21.4. The van der Waals surface area contributed by atoms with E-state index in [0.29, 0.717) is 6.61 Å². The van der Waals surface area contributed by atoms with E-state index >= 15 is 0 Å². The van der Waals surface area contributed by atoms with E-state index in [-0.39, 0.29) is 28.8 Å². The molecule has 0 aliphatic carbocycles. The fourth-order valence-electron chi connectivity index (χ4n) is 1.77. The van der Waals surface area contributed by atoms with Crippen LogP contribution in [0.25, 0.3) is 0 Å². The first-order valence-electron chi connectivity index (χ1n) is 8.41. The van der Waals surface area contributed by atoms with Crippen molar-refractivity contribution in [3.8, 4) is 6.01 Å². The van der Waals surface area contributed by atoms with Gasteiger partial charge < -0.3 is 20.9 Å². The molecule has 0 radical (unpaired) electrons. The second-order valence-electron chi connectivity index (χ2n) is 5.96. The molecule has 12 heteroatoms. The SMILES string of the molecule is CC(C)[C@H](N)C(=O)O.CCOc1nc(Cl)nc(Nc2cccc(C(F)(F)F)c2)n1. The summed E-state index contributed by atoms with van der Waals surface area (Å²) in [5.41, 5.74) is 4.56. The Morgan fingerprint density at radius 3 is 2.45 bits per heavy atom. The zero-order chi connectivity index (χ0) is 22.2. The number of carboxylic acids is 1. The number of nitrogens with two attached hydrogens (primary N) is 1. The highest BCUT2D eigenvalue weighted by atomic mass is 35.5. The van der Waals surface area contributed by atoms with Gasteiger partial charge in [-0.25, -0.2) is 0 Å². The lowest BCUT2D eigenvalue weighted by Gasteiger charge is -2.10. The van der Waals surface area contributed by atoms with Crippen LogP contribution in [0, 0.1) is 5.92 Å². The molecule has 0 saturated heterocycles. The molecule has 1 atom stereocenters. The van der Waals surface area contributed by atoms with E-state index in [4.69, 9.17) is 27.2 Å². The fourth-order valence-corrected chi connectivity index (χ4v) is 1.92. The van der Waals surface area contributed by atoms with E-state index in [9.17, 15) is 18.0 Å². The Labute approximate surface area is 170 Å². The van der Waals surface area contributed by atoms with E-state index in [0.717, 1.165) is 12.1 Å². The standard InChI is InChI=1S/C12H10ClF3N4O.C5H11NO2/c1-2-21-11-19-9(13)18-10(20-11)17-8-5-3-4-7(6-8)12(14,15)16;1-3(2)4(6)5(7)8/h3-6H,2H2,1H3,(H,17,18,19,20);3-4H,6H2,1-2H3,(H,7,8)/t;4-/m.0/s1. The number of hydrogen-bond acceptors (Lipinski definition) is 7. The average Bonchev–Trinajstić information content (AvgIpc) is 2.60. The maximum atomic E-state index is 12.6. The minimum absolute atomic E-state index is 0.00206. The molecule has 8 nitrogen and oxygen atoms in total. The maximum absolute atomic E-state index is 12.6. The van der Waals surface area contributed by atoms with Gasteiger partial charge in [0.1, 0.15) is 6.04 Å². The van der Waals surface area contributed by atoms with Crippen LogP contribution < -0.4 is 15.8 Å². The Hall–Kier alpha value is -2.66. The third-order valence-corrected chi connectivity index (χ3v) is 3.48. The molecule has 160 valence electrons. The molecule has 0 saturated carbocycles. The molecule has 1 heterocycles. The van der Waals surface area contributed by atoms with Crippen LogP contribution in [0.15, 0.2) is 24.3 Å². The minimum Gasteiger partial charge on any atom is -0.480 e. The molecule has 4 N–H and O–H groups in total. The number of ether oxygens (including phenoxy) is 1. The lowest BCUT2D eigenvalue weighted by molar-refractivity contribution is -0.139. The number of carbonyl (C=O) groups is 1. The first-order valence-corrected chi connectivity index (χ1v) is 8.78. The molecule has 2 aromatic rings. The van der Waals surface area contributed by atoms with Gasteiger partial charge in [-0.2, -0.15) is 28.1 Å². The first kappa shape index (κ1) is 24.4. The number of nitrogens with one attached hydrogen (secondary N) is 1. The van der Waals surface area contributed by atoms with Crippen LogP contribution in [-0.4, -0.2) is 38.7 Å². The van der Waals surface area contributed by atoms with Gasteiger partial charge in [0.15, 0.2) is 0 Å². The van der Waals surface area contributed by atoms with Crippen LogP contribution in [-0.2, 0) is 11.0 Å². The fraction of sp³-hybridized carbons (Fsp3) is 0.412. The second kappa shape index (κ2) is 10.8. The monoisotopic (exact) mass is 435 g/mol. The number of halogens is 4. The number of carboxylic acid groups (broad SMARTS) is 1. The van der Waals surface area contributed by atoms with Crippen LogP contribution >= 0.6 is 11.6 Å². The van der Waals surface area contributed by atoms with Gasteiger partial charge in [-0.05, 0) is 42.6 Å². The summed E-state index contributed by atoms with van der Waals surface area (Å²) in [7, 11) is 0. The quantitative estimate of drug-likeness (QED) is 0.627. The Kier molecular flexibility index (Phi) is 9.05. The number of alkyl halides is 3. The Bertz CT molecular complexity index is 821. The molecule has 0 amide bonds. The number of rotatable bonds is 6. The van der Waals surface area contributed by atoms with Gasteiger partial charge in [0, 0.05) is 5.69 Å². The summed E-state index contributed by atoms with van der Waals surface area (Å²) < 4.78 is 43.0. The number of hydrogen-bond donors (Lipinski definition) is 3. The van der Waals surface area contributed by atoms with Crippen molar-refractivity contribution >= 4 is 29.2 Å². The van der Waals surface area contributed by atoms with Crippen molar-refractivity contribution in [2.45, 2.75) is 33.0 Å². The van der Waals surface area contributed by atoms with Gasteiger partial charge in [0.2, 0.25) is 11.2 Å². The molecule has 0 aliphatic rings. The molecule has 2 rings (SSSR count). The summed E-state index contributed by atoms with van der Waals surface area (Å²) in [5.74, 6) is -0.912. The average molecular weight is 436 g/mol. The highest BCUT2D eigenvalue weighted by Gasteiger charge is 2.30. The third-order valence-electron chi connectivity index (χ3n) is 3.31. The van der Waals surface area contributed by atoms with E-state index < -0.39 is 23.8 Å². The molecular formula is C17H21ClF3N5O3.